The summed E-state index contributed by atoms with van der Waals surface area (Å²) in [5.41, 5.74) is 7.50. The van der Waals surface area contributed by atoms with Crippen molar-refractivity contribution < 1.29 is 4.74 Å². The Kier molecular flexibility index (Phi) is 9.77. The van der Waals surface area contributed by atoms with Crippen LogP contribution in [-0.4, -0.2) is 6.61 Å². The fourth-order valence-electron chi connectivity index (χ4n) is 2.54. The standard InChI is InChI=1S/C18H30BrNO/c1-3-5-6-7-8-9-10-11-18(20)16-13-12-15(21-4-2)14-17(16)19/h12-14,18H,3-11,20H2,1-2H3. The number of ether oxygens (including phenoxy) is 1. The molecule has 0 amide bonds. The van der Waals surface area contributed by atoms with Crippen molar-refractivity contribution in [1.82, 2.24) is 0 Å². The molecule has 0 fully saturated rings. The number of benzene rings is 1. The van der Waals surface area contributed by atoms with E-state index in [9.17, 15) is 0 Å². The van der Waals surface area contributed by atoms with E-state index in [4.69, 9.17) is 10.5 Å². The molecule has 1 unspecified atom stereocenters. The van der Waals surface area contributed by atoms with Crippen molar-refractivity contribution in [3.8, 4) is 5.75 Å². The highest BCUT2D eigenvalue weighted by molar-refractivity contribution is 9.10. The normalized spacial score (nSPS) is 12.4. The van der Waals surface area contributed by atoms with E-state index in [1.807, 2.05) is 19.1 Å². The number of unbranched alkanes of at least 4 members (excludes halogenated alkanes) is 6. The molecular weight excluding hydrogens is 326 g/mol. The minimum absolute atomic E-state index is 0.116. The molecule has 0 saturated carbocycles. The van der Waals surface area contributed by atoms with E-state index in [0.717, 1.165) is 16.6 Å². The Morgan fingerprint density at radius 3 is 2.33 bits per heavy atom. The number of hydrogen-bond donors (Lipinski definition) is 1. The lowest BCUT2D eigenvalue weighted by Crippen LogP contribution is -2.11. The van der Waals surface area contributed by atoms with E-state index < -0.39 is 0 Å². The molecule has 0 aromatic heterocycles. The van der Waals surface area contributed by atoms with E-state index in [2.05, 4.69) is 28.9 Å². The molecule has 0 aliphatic rings. The van der Waals surface area contributed by atoms with Crippen LogP contribution in [-0.2, 0) is 0 Å². The first-order valence-corrected chi connectivity index (χ1v) is 9.16. The zero-order valence-corrected chi connectivity index (χ0v) is 15.1. The quantitative estimate of drug-likeness (QED) is 0.494. The van der Waals surface area contributed by atoms with Crippen LogP contribution in [0.2, 0.25) is 0 Å². The predicted molar refractivity (Wildman–Crippen MR) is 94.8 cm³/mol. The summed E-state index contributed by atoms with van der Waals surface area (Å²) in [7, 11) is 0. The van der Waals surface area contributed by atoms with Gasteiger partial charge in [-0.15, -0.1) is 0 Å². The molecule has 1 rings (SSSR count). The molecule has 2 nitrogen and oxygen atoms in total. The van der Waals surface area contributed by atoms with E-state index in [0.29, 0.717) is 6.61 Å². The summed E-state index contributed by atoms with van der Waals surface area (Å²) in [5.74, 6) is 0.899. The van der Waals surface area contributed by atoms with Crippen LogP contribution in [0.3, 0.4) is 0 Å². The van der Waals surface area contributed by atoms with Gasteiger partial charge >= 0.3 is 0 Å². The van der Waals surface area contributed by atoms with Crippen molar-refractivity contribution in [1.29, 1.82) is 0 Å². The Balaban J connectivity index is 2.30. The Hall–Kier alpha value is -0.540. The van der Waals surface area contributed by atoms with E-state index in [1.165, 1.54) is 50.5 Å². The lowest BCUT2D eigenvalue weighted by Gasteiger charge is -2.15. The number of rotatable bonds is 11. The molecule has 0 spiro atoms. The van der Waals surface area contributed by atoms with Crippen LogP contribution < -0.4 is 10.5 Å². The van der Waals surface area contributed by atoms with E-state index in [1.54, 1.807) is 0 Å². The molecule has 0 radical (unpaired) electrons. The van der Waals surface area contributed by atoms with Crippen LogP contribution in [0, 0.1) is 0 Å². The molecule has 2 N–H and O–H groups in total. The maximum atomic E-state index is 6.31. The summed E-state index contributed by atoms with van der Waals surface area (Å²) in [4.78, 5) is 0. The van der Waals surface area contributed by atoms with Crippen LogP contribution >= 0.6 is 15.9 Å². The van der Waals surface area contributed by atoms with E-state index >= 15 is 0 Å². The fraction of sp³-hybridized carbons (Fsp3) is 0.667. The largest absolute Gasteiger partial charge is 0.494 e. The van der Waals surface area contributed by atoms with Gasteiger partial charge in [0.25, 0.3) is 0 Å². The van der Waals surface area contributed by atoms with Crippen LogP contribution in [0.25, 0.3) is 0 Å². The Bertz CT molecular complexity index is 395. The topological polar surface area (TPSA) is 35.2 Å². The summed E-state index contributed by atoms with van der Waals surface area (Å²) in [6.07, 6.45) is 10.4. The van der Waals surface area contributed by atoms with Gasteiger partial charge in [0.05, 0.1) is 6.61 Å². The second-order valence-electron chi connectivity index (χ2n) is 5.63. The summed E-state index contributed by atoms with van der Waals surface area (Å²) < 4.78 is 6.56. The van der Waals surface area contributed by atoms with Crippen molar-refractivity contribution in [3.05, 3.63) is 28.2 Å². The number of hydrogen-bond acceptors (Lipinski definition) is 2. The first-order chi connectivity index (χ1) is 10.2. The predicted octanol–water partition coefficient (Wildman–Crippen LogP) is 5.99. The minimum Gasteiger partial charge on any atom is -0.494 e. The molecule has 0 saturated heterocycles. The number of nitrogens with two attached hydrogens (primary N) is 1. The lowest BCUT2D eigenvalue weighted by atomic mass is 10.00. The maximum absolute atomic E-state index is 6.31. The van der Waals surface area contributed by atoms with Gasteiger partial charge in [0, 0.05) is 10.5 Å². The Labute approximate surface area is 138 Å². The molecule has 1 atom stereocenters. The first-order valence-electron chi connectivity index (χ1n) is 8.36. The third-order valence-electron chi connectivity index (χ3n) is 3.80. The molecule has 0 heterocycles. The van der Waals surface area contributed by atoms with E-state index in [-0.39, 0.29) is 6.04 Å². The zero-order chi connectivity index (χ0) is 15.5. The van der Waals surface area contributed by atoms with Gasteiger partial charge in [-0.05, 0) is 31.0 Å². The molecule has 120 valence electrons. The molecule has 0 aliphatic carbocycles. The van der Waals surface area contributed by atoms with Crippen molar-refractivity contribution >= 4 is 15.9 Å². The molecule has 0 bridgehead atoms. The van der Waals surface area contributed by atoms with Gasteiger partial charge in [-0.3, -0.25) is 0 Å². The molecule has 1 aromatic rings. The SMILES string of the molecule is CCCCCCCCCC(N)c1ccc(OCC)cc1Br. The third kappa shape index (κ3) is 7.32. The van der Waals surface area contributed by atoms with Gasteiger partial charge in [-0.25, -0.2) is 0 Å². The van der Waals surface area contributed by atoms with Gasteiger partial charge < -0.3 is 10.5 Å². The van der Waals surface area contributed by atoms with Crippen molar-refractivity contribution in [2.75, 3.05) is 6.61 Å². The monoisotopic (exact) mass is 355 g/mol. The van der Waals surface area contributed by atoms with Crippen molar-refractivity contribution in [3.63, 3.8) is 0 Å². The fourth-order valence-corrected chi connectivity index (χ4v) is 3.19. The molecular formula is C18H30BrNO. The molecule has 0 aliphatic heterocycles. The summed E-state index contributed by atoms with van der Waals surface area (Å²) in [6.45, 7) is 4.94. The second kappa shape index (κ2) is 11.1. The molecule has 21 heavy (non-hydrogen) atoms. The molecule has 1 aromatic carbocycles. The van der Waals surface area contributed by atoms with Gasteiger partial charge in [0.1, 0.15) is 5.75 Å². The van der Waals surface area contributed by atoms with Crippen LogP contribution in [0.15, 0.2) is 22.7 Å². The van der Waals surface area contributed by atoms with Crippen LogP contribution in [0.1, 0.15) is 76.8 Å². The summed E-state index contributed by atoms with van der Waals surface area (Å²) in [5, 5.41) is 0. The van der Waals surface area contributed by atoms with Crippen molar-refractivity contribution in [2.45, 2.75) is 71.3 Å². The number of halogens is 1. The summed E-state index contributed by atoms with van der Waals surface area (Å²) in [6, 6.07) is 6.23. The van der Waals surface area contributed by atoms with Crippen molar-refractivity contribution in [2.24, 2.45) is 5.73 Å². The average Bonchev–Trinajstić information content (AvgIpc) is 2.46. The zero-order valence-electron chi connectivity index (χ0n) is 13.5. The third-order valence-corrected chi connectivity index (χ3v) is 4.49. The highest BCUT2D eigenvalue weighted by atomic mass is 79.9. The lowest BCUT2D eigenvalue weighted by molar-refractivity contribution is 0.340. The van der Waals surface area contributed by atoms with Gasteiger partial charge in [-0.2, -0.15) is 0 Å². The minimum atomic E-state index is 0.116. The highest BCUT2D eigenvalue weighted by Gasteiger charge is 2.10. The highest BCUT2D eigenvalue weighted by Crippen LogP contribution is 2.29. The van der Waals surface area contributed by atoms with Gasteiger partial charge in [-0.1, -0.05) is 73.9 Å². The maximum Gasteiger partial charge on any atom is 0.120 e. The van der Waals surface area contributed by atoms with Gasteiger partial charge in [0.15, 0.2) is 0 Å². The van der Waals surface area contributed by atoms with Gasteiger partial charge in [0.2, 0.25) is 0 Å². The summed E-state index contributed by atoms with van der Waals surface area (Å²) >= 11 is 3.61. The Morgan fingerprint density at radius 2 is 1.71 bits per heavy atom. The first kappa shape index (κ1) is 18.5. The Morgan fingerprint density at radius 1 is 1.05 bits per heavy atom. The molecule has 3 heteroatoms. The smallest absolute Gasteiger partial charge is 0.120 e. The van der Waals surface area contributed by atoms with Crippen LogP contribution in [0.5, 0.6) is 5.75 Å². The van der Waals surface area contributed by atoms with Crippen LogP contribution in [0.4, 0.5) is 0 Å². The second-order valence-corrected chi connectivity index (χ2v) is 6.49. The average molecular weight is 356 g/mol.